The van der Waals surface area contributed by atoms with E-state index in [2.05, 4.69) is 5.32 Å². The second-order valence-electron chi connectivity index (χ2n) is 5.46. The van der Waals surface area contributed by atoms with Gasteiger partial charge in [-0.15, -0.1) is 12.4 Å². The Balaban J connectivity index is 0.00000264. The van der Waals surface area contributed by atoms with Gasteiger partial charge in [0.25, 0.3) is 5.69 Å². The van der Waals surface area contributed by atoms with Gasteiger partial charge < -0.3 is 5.32 Å². The topological polar surface area (TPSA) is 92.6 Å². The number of piperidine rings is 1. The minimum Gasteiger partial charge on any atom is -0.320 e. The summed E-state index contributed by atoms with van der Waals surface area (Å²) < 4.78 is 26.7. The van der Waals surface area contributed by atoms with Crippen LogP contribution in [0, 0.1) is 16.0 Å². The molecule has 7 nitrogen and oxygen atoms in total. The minimum atomic E-state index is -3.81. The fraction of sp³-hybridized carbons (Fsp3) is 0.571. The van der Waals surface area contributed by atoms with Gasteiger partial charge in [0, 0.05) is 19.2 Å². The number of benzene rings is 1. The fourth-order valence-electron chi connectivity index (χ4n) is 2.75. The summed E-state index contributed by atoms with van der Waals surface area (Å²) in [5, 5.41) is 14.1. The highest BCUT2D eigenvalue weighted by molar-refractivity contribution is 7.89. The summed E-state index contributed by atoms with van der Waals surface area (Å²) in [6.07, 6.45) is 2.61. The average Bonchev–Trinajstić information content (AvgIpc) is 2.53. The highest BCUT2D eigenvalue weighted by Gasteiger charge is 2.33. The van der Waals surface area contributed by atoms with Gasteiger partial charge >= 0.3 is 0 Å². The normalized spacial score (nSPS) is 16.7. The van der Waals surface area contributed by atoms with Crippen molar-refractivity contribution in [2.24, 2.45) is 5.92 Å². The molecule has 1 aliphatic heterocycles. The van der Waals surface area contributed by atoms with E-state index in [1.807, 2.05) is 7.05 Å². The smallest absolute Gasteiger partial charge is 0.289 e. The molecule has 0 spiro atoms. The predicted octanol–water partition coefficient (Wildman–Crippen LogP) is 2.03. The second kappa shape index (κ2) is 8.58. The molecule has 0 atom stereocenters. The van der Waals surface area contributed by atoms with E-state index in [1.54, 1.807) is 0 Å². The first-order valence-corrected chi connectivity index (χ1v) is 8.79. The molecular formula is C14H22ClN3O4S. The first kappa shape index (κ1) is 19.8. The van der Waals surface area contributed by atoms with Crippen molar-refractivity contribution in [2.75, 3.05) is 26.7 Å². The van der Waals surface area contributed by atoms with E-state index < -0.39 is 14.9 Å². The summed E-state index contributed by atoms with van der Waals surface area (Å²) in [5.74, 6) is 0.504. The molecule has 0 amide bonds. The molecule has 0 aliphatic carbocycles. The van der Waals surface area contributed by atoms with Gasteiger partial charge in [-0.05, 0) is 44.8 Å². The number of nitro benzene ring substituents is 1. The van der Waals surface area contributed by atoms with Crippen molar-refractivity contribution in [1.82, 2.24) is 9.62 Å². The average molecular weight is 364 g/mol. The van der Waals surface area contributed by atoms with Crippen molar-refractivity contribution in [1.29, 1.82) is 0 Å². The molecule has 1 heterocycles. The lowest BCUT2D eigenvalue weighted by atomic mass is 9.95. The number of halogens is 1. The molecule has 1 aromatic carbocycles. The zero-order valence-corrected chi connectivity index (χ0v) is 14.6. The standard InChI is InChI=1S/C14H21N3O4S.ClH/c1-15-9-6-12-7-10-16(11-8-12)22(20,21)14-5-3-2-4-13(14)17(18)19;/h2-5,12,15H,6-11H2,1H3;1H. The van der Waals surface area contributed by atoms with Gasteiger partial charge in [-0.2, -0.15) is 4.31 Å². The Morgan fingerprint density at radius 3 is 2.48 bits per heavy atom. The second-order valence-corrected chi connectivity index (χ2v) is 7.37. The molecule has 23 heavy (non-hydrogen) atoms. The van der Waals surface area contributed by atoms with Crippen molar-refractivity contribution in [3.8, 4) is 0 Å². The summed E-state index contributed by atoms with van der Waals surface area (Å²) in [4.78, 5) is 10.2. The van der Waals surface area contributed by atoms with E-state index in [9.17, 15) is 18.5 Å². The lowest BCUT2D eigenvalue weighted by molar-refractivity contribution is -0.387. The maximum Gasteiger partial charge on any atom is 0.289 e. The van der Waals surface area contributed by atoms with Crippen molar-refractivity contribution < 1.29 is 13.3 Å². The van der Waals surface area contributed by atoms with Gasteiger partial charge in [0.1, 0.15) is 0 Å². The zero-order chi connectivity index (χ0) is 16.2. The molecule has 0 saturated carbocycles. The number of rotatable bonds is 6. The molecule has 1 fully saturated rings. The van der Waals surface area contributed by atoms with E-state index in [4.69, 9.17) is 0 Å². The fourth-order valence-corrected chi connectivity index (χ4v) is 4.38. The van der Waals surface area contributed by atoms with Crippen molar-refractivity contribution in [2.45, 2.75) is 24.2 Å². The third-order valence-electron chi connectivity index (χ3n) is 4.06. The lowest BCUT2D eigenvalue weighted by Crippen LogP contribution is -2.39. The van der Waals surface area contributed by atoms with E-state index in [0.717, 1.165) is 25.8 Å². The van der Waals surface area contributed by atoms with Crippen LogP contribution in [0.2, 0.25) is 0 Å². The Labute approximate surface area is 142 Å². The first-order chi connectivity index (χ1) is 10.5. The molecule has 0 bridgehead atoms. The molecule has 0 radical (unpaired) electrons. The van der Waals surface area contributed by atoms with Crippen LogP contribution in [0.25, 0.3) is 0 Å². The number of nitrogens with one attached hydrogen (secondary N) is 1. The molecule has 9 heteroatoms. The third kappa shape index (κ3) is 4.63. The van der Waals surface area contributed by atoms with Crippen LogP contribution in [-0.2, 0) is 10.0 Å². The van der Waals surface area contributed by atoms with Gasteiger partial charge in [0.2, 0.25) is 10.0 Å². The van der Waals surface area contributed by atoms with Gasteiger partial charge in [-0.1, -0.05) is 12.1 Å². The van der Waals surface area contributed by atoms with Crippen LogP contribution in [0.15, 0.2) is 29.2 Å². The monoisotopic (exact) mass is 363 g/mol. The number of hydrogen-bond acceptors (Lipinski definition) is 5. The summed E-state index contributed by atoms with van der Waals surface area (Å²) in [6.45, 7) is 1.76. The maximum atomic E-state index is 12.6. The molecule has 1 aliphatic rings. The minimum absolute atomic E-state index is 0. The van der Waals surface area contributed by atoms with Gasteiger partial charge in [0.05, 0.1) is 4.92 Å². The van der Waals surface area contributed by atoms with Crippen LogP contribution in [0.3, 0.4) is 0 Å². The Morgan fingerprint density at radius 1 is 1.30 bits per heavy atom. The van der Waals surface area contributed by atoms with Crippen molar-refractivity contribution >= 4 is 28.1 Å². The van der Waals surface area contributed by atoms with Crippen LogP contribution in [0.4, 0.5) is 5.69 Å². The summed E-state index contributed by atoms with van der Waals surface area (Å²) in [7, 11) is -1.91. The molecule has 0 unspecified atom stereocenters. The maximum absolute atomic E-state index is 12.6. The number of nitro groups is 1. The van der Waals surface area contributed by atoms with E-state index in [1.165, 1.54) is 28.6 Å². The van der Waals surface area contributed by atoms with Crippen LogP contribution < -0.4 is 5.32 Å². The van der Waals surface area contributed by atoms with Crippen LogP contribution in [0.5, 0.6) is 0 Å². The summed E-state index contributed by atoms with van der Waals surface area (Å²) >= 11 is 0. The molecule has 1 saturated heterocycles. The molecule has 1 aromatic rings. The first-order valence-electron chi connectivity index (χ1n) is 7.35. The van der Waals surface area contributed by atoms with Crippen molar-refractivity contribution in [3.63, 3.8) is 0 Å². The summed E-state index contributed by atoms with van der Waals surface area (Å²) in [6, 6.07) is 5.52. The highest BCUT2D eigenvalue weighted by Crippen LogP contribution is 2.29. The Hall–Kier alpha value is -1.22. The van der Waals surface area contributed by atoms with Gasteiger partial charge in [-0.25, -0.2) is 8.42 Å². The Bertz CT molecular complexity index is 631. The highest BCUT2D eigenvalue weighted by atomic mass is 35.5. The molecule has 130 valence electrons. The molecule has 1 N–H and O–H groups in total. The number of sulfonamides is 1. The van der Waals surface area contributed by atoms with Crippen molar-refractivity contribution in [3.05, 3.63) is 34.4 Å². The Kier molecular flexibility index (Phi) is 7.40. The molecule has 0 aromatic heterocycles. The lowest BCUT2D eigenvalue weighted by Gasteiger charge is -2.31. The van der Waals surface area contributed by atoms with E-state index >= 15 is 0 Å². The third-order valence-corrected chi connectivity index (χ3v) is 6.00. The number of para-hydroxylation sites is 1. The van der Waals surface area contributed by atoms with Crippen LogP contribution >= 0.6 is 12.4 Å². The predicted molar refractivity (Wildman–Crippen MR) is 90.4 cm³/mol. The van der Waals surface area contributed by atoms with E-state index in [-0.39, 0.29) is 23.0 Å². The largest absolute Gasteiger partial charge is 0.320 e. The Morgan fingerprint density at radius 2 is 1.91 bits per heavy atom. The zero-order valence-electron chi connectivity index (χ0n) is 13.0. The van der Waals surface area contributed by atoms with E-state index in [0.29, 0.717) is 19.0 Å². The summed E-state index contributed by atoms with van der Waals surface area (Å²) in [5.41, 5.74) is -0.361. The number of nitrogens with zero attached hydrogens (tertiary/aromatic N) is 2. The SMILES string of the molecule is CNCCC1CCN(S(=O)(=O)c2ccccc2[N+](=O)[O-])CC1.Cl. The van der Waals surface area contributed by atoms with Gasteiger partial charge in [-0.3, -0.25) is 10.1 Å². The molecule has 2 rings (SSSR count). The van der Waals surface area contributed by atoms with Crippen LogP contribution in [-0.4, -0.2) is 44.3 Å². The molecular weight excluding hydrogens is 342 g/mol. The number of hydrogen-bond donors (Lipinski definition) is 1. The van der Waals surface area contributed by atoms with Crippen LogP contribution in [0.1, 0.15) is 19.3 Å². The quantitative estimate of drug-likeness (QED) is 0.616. The van der Waals surface area contributed by atoms with Gasteiger partial charge in [0.15, 0.2) is 4.90 Å².